The topological polar surface area (TPSA) is 80.5 Å². The number of hydrogen-bond acceptors (Lipinski definition) is 5. The number of aromatic carboxylic acids is 1. The summed E-state index contributed by atoms with van der Waals surface area (Å²) in [5.41, 5.74) is -0.204. The number of halogens is 7. The summed E-state index contributed by atoms with van der Waals surface area (Å²) in [4.78, 5) is 17.1. The van der Waals surface area contributed by atoms with Gasteiger partial charge in [0.15, 0.2) is 11.5 Å². The molecule has 14 heteroatoms. The zero-order valence-electron chi connectivity index (χ0n) is 22.9. The molecule has 5 rings (SSSR count). The summed E-state index contributed by atoms with van der Waals surface area (Å²) in [5, 5.41) is 13.1. The van der Waals surface area contributed by atoms with Crippen molar-refractivity contribution < 1.29 is 41.0 Å². The van der Waals surface area contributed by atoms with E-state index in [1.165, 1.54) is 23.1 Å². The standard InChI is InChI=1S/C30H25ClF6N4O3/c31-23-6-1-5-21(24-7-2-8-25(39-24)41-27(30(35,36)37)22(14-38-41)28(42)43)26(23)44-16-18-9-11-19(12-10-18)20-4-3-13-40(15-20)17-29(32,33)34/h1-2,5-12,14,20H,3-4,13,15-17H2,(H,42,43). The Kier molecular flexibility index (Phi) is 8.89. The van der Waals surface area contributed by atoms with Gasteiger partial charge in [0.25, 0.3) is 0 Å². The van der Waals surface area contributed by atoms with E-state index in [2.05, 4.69) is 10.1 Å². The SMILES string of the molecule is O=C(O)c1cnn(-c2cccc(-c3cccc(Cl)c3OCc3ccc(C4CCCN(CC(F)(F)F)C4)cc3)n2)c1C(F)(F)F. The maximum Gasteiger partial charge on any atom is 0.434 e. The number of para-hydroxylation sites is 1. The largest absolute Gasteiger partial charge is 0.487 e. The molecule has 0 saturated carbocycles. The lowest BCUT2D eigenvalue weighted by Gasteiger charge is -2.33. The Morgan fingerprint density at radius 1 is 1.02 bits per heavy atom. The van der Waals surface area contributed by atoms with Crippen molar-refractivity contribution in [1.82, 2.24) is 19.7 Å². The molecule has 4 aromatic rings. The number of benzene rings is 2. The summed E-state index contributed by atoms with van der Waals surface area (Å²) in [6.07, 6.45) is -7.17. The fourth-order valence-electron chi connectivity index (χ4n) is 5.27. The Labute approximate surface area is 252 Å². The quantitative estimate of drug-likeness (QED) is 0.200. The molecule has 1 aliphatic rings. The van der Waals surface area contributed by atoms with E-state index in [0.717, 1.165) is 17.5 Å². The number of likely N-dealkylation sites (tertiary alicyclic amines) is 1. The third-order valence-corrected chi connectivity index (χ3v) is 7.50. The number of nitrogens with zero attached hydrogens (tertiary/aromatic N) is 4. The first kappa shape index (κ1) is 31.3. The molecule has 1 saturated heterocycles. The van der Waals surface area contributed by atoms with Crippen LogP contribution in [0.25, 0.3) is 17.1 Å². The van der Waals surface area contributed by atoms with Gasteiger partial charge in [-0.2, -0.15) is 31.4 Å². The van der Waals surface area contributed by atoms with Crippen molar-refractivity contribution in [1.29, 1.82) is 0 Å². The van der Waals surface area contributed by atoms with Gasteiger partial charge in [-0.05, 0) is 60.7 Å². The molecule has 0 aliphatic carbocycles. The van der Waals surface area contributed by atoms with Gasteiger partial charge in [0.2, 0.25) is 0 Å². The maximum absolute atomic E-state index is 13.8. The van der Waals surface area contributed by atoms with Gasteiger partial charge in [-0.1, -0.05) is 48.0 Å². The van der Waals surface area contributed by atoms with E-state index < -0.39 is 36.1 Å². The van der Waals surface area contributed by atoms with Gasteiger partial charge in [-0.25, -0.2) is 14.5 Å². The normalized spacial score (nSPS) is 16.2. The van der Waals surface area contributed by atoms with Crippen LogP contribution in [0, 0.1) is 0 Å². The Morgan fingerprint density at radius 2 is 1.75 bits per heavy atom. The average molecular weight is 639 g/mol. The summed E-state index contributed by atoms with van der Waals surface area (Å²) in [6, 6.07) is 16.5. The fourth-order valence-corrected chi connectivity index (χ4v) is 5.50. The molecule has 44 heavy (non-hydrogen) atoms. The third kappa shape index (κ3) is 7.16. The predicted octanol–water partition coefficient (Wildman–Crippen LogP) is 7.63. The van der Waals surface area contributed by atoms with Crippen LogP contribution in [0.15, 0.2) is 66.9 Å². The van der Waals surface area contributed by atoms with E-state index in [4.69, 9.17) is 16.3 Å². The zero-order chi connectivity index (χ0) is 31.6. The van der Waals surface area contributed by atoms with Crippen molar-refractivity contribution in [2.75, 3.05) is 19.6 Å². The van der Waals surface area contributed by atoms with Crippen LogP contribution in [0.1, 0.15) is 45.9 Å². The Bertz CT molecular complexity index is 1640. The van der Waals surface area contributed by atoms with Crippen LogP contribution >= 0.6 is 11.6 Å². The summed E-state index contributed by atoms with van der Waals surface area (Å²) in [5.74, 6) is -1.84. The van der Waals surface area contributed by atoms with Crippen molar-refractivity contribution in [3.05, 3.63) is 94.3 Å². The van der Waals surface area contributed by atoms with Gasteiger partial charge < -0.3 is 9.84 Å². The number of piperidine rings is 1. The first-order valence-electron chi connectivity index (χ1n) is 13.5. The number of hydrogen-bond donors (Lipinski definition) is 1. The molecular formula is C30H25ClF6N4O3. The average Bonchev–Trinajstić information content (AvgIpc) is 3.43. The number of carboxylic acids is 1. The highest BCUT2D eigenvalue weighted by Gasteiger charge is 2.41. The first-order chi connectivity index (χ1) is 20.8. The van der Waals surface area contributed by atoms with E-state index in [1.54, 1.807) is 18.2 Å². The highest BCUT2D eigenvalue weighted by Crippen LogP contribution is 2.38. The lowest BCUT2D eigenvalue weighted by Crippen LogP contribution is -2.40. The molecule has 0 spiro atoms. The van der Waals surface area contributed by atoms with E-state index in [9.17, 15) is 36.2 Å². The van der Waals surface area contributed by atoms with Gasteiger partial charge in [-0.15, -0.1) is 0 Å². The van der Waals surface area contributed by atoms with Crippen molar-refractivity contribution in [3.8, 4) is 22.8 Å². The fraction of sp³-hybridized carbons (Fsp3) is 0.300. The molecule has 0 bridgehead atoms. The Balaban J connectivity index is 1.35. The number of ether oxygens (including phenoxy) is 1. The van der Waals surface area contributed by atoms with Gasteiger partial charge in [0, 0.05) is 12.1 Å². The minimum absolute atomic E-state index is 0.0196. The second-order valence-corrected chi connectivity index (χ2v) is 10.7. The van der Waals surface area contributed by atoms with Crippen molar-refractivity contribution in [2.45, 2.75) is 37.7 Å². The second kappa shape index (κ2) is 12.5. The summed E-state index contributed by atoms with van der Waals surface area (Å²) < 4.78 is 86.3. The molecule has 3 heterocycles. The lowest BCUT2D eigenvalue weighted by atomic mass is 9.90. The molecule has 1 aliphatic heterocycles. The molecule has 1 fully saturated rings. The smallest absolute Gasteiger partial charge is 0.434 e. The van der Waals surface area contributed by atoms with Gasteiger partial charge >= 0.3 is 18.3 Å². The molecule has 232 valence electrons. The molecule has 1 N–H and O–H groups in total. The monoisotopic (exact) mass is 638 g/mol. The highest BCUT2D eigenvalue weighted by atomic mass is 35.5. The summed E-state index contributed by atoms with van der Waals surface area (Å²) >= 11 is 6.44. The number of aromatic nitrogens is 3. The summed E-state index contributed by atoms with van der Waals surface area (Å²) in [6.45, 7) is -0.122. The van der Waals surface area contributed by atoms with E-state index in [1.807, 2.05) is 24.3 Å². The highest BCUT2D eigenvalue weighted by molar-refractivity contribution is 6.32. The Morgan fingerprint density at radius 3 is 2.43 bits per heavy atom. The van der Waals surface area contributed by atoms with Crippen LogP contribution in [0.3, 0.4) is 0 Å². The zero-order valence-corrected chi connectivity index (χ0v) is 23.6. The van der Waals surface area contributed by atoms with Crippen LogP contribution in [0.2, 0.25) is 5.02 Å². The molecule has 0 amide bonds. The van der Waals surface area contributed by atoms with Gasteiger partial charge in [0.1, 0.15) is 17.9 Å². The lowest BCUT2D eigenvalue weighted by molar-refractivity contribution is -0.148. The number of rotatable bonds is 8. The van der Waals surface area contributed by atoms with Crippen molar-refractivity contribution in [2.24, 2.45) is 0 Å². The summed E-state index contributed by atoms with van der Waals surface area (Å²) in [7, 11) is 0. The van der Waals surface area contributed by atoms with Crippen LogP contribution in [0.4, 0.5) is 26.3 Å². The Hall–Kier alpha value is -4.10. The van der Waals surface area contributed by atoms with E-state index in [0.29, 0.717) is 36.0 Å². The minimum Gasteiger partial charge on any atom is -0.487 e. The molecule has 1 atom stereocenters. The van der Waals surface area contributed by atoms with Crippen LogP contribution in [0.5, 0.6) is 5.75 Å². The number of carboxylic acid groups (broad SMARTS) is 1. The molecule has 7 nitrogen and oxygen atoms in total. The van der Waals surface area contributed by atoms with Gasteiger partial charge in [0.05, 0.1) is 23.5 Å². The molecule has 2 aromatic carbocycles. The minimum atomic E-state index is -5.01. The maximum atomic E-state index is 13.8. The van der Waals surface area contributed by atoms with E-state index in [-0.39, 0.29) is 34.8 Å². The molecule has 2 aromatic heterocycles. The van der Waals surface area contributed by atoms with E-state index >= 15 is 0 Å². The van der Waals surface area contributed by atoms with Gasteiger partial charge in [-0.3, -0.25) is 4.90 Å². The molecular weight excluding hydrogens is 614 g/mol. The number of pyridine rings is 1. The van der Waals surface area contributed by atoms with Crippen LogP contribution in [-0.4, -0.2) is 56.6 Å². The van der Waals surface area contributed by atoms with Crippen molar-refractivity contribution in [3.63, 3.8) is 0 Å². The number of alkyl halides is 6. The van der Waals surface area contributed by atoms with Crippen LogP contribution < -0.4 is 4.74 Å². The molecule has 1 unspecified atom stereocenters. The van der Waals surface area contributed by atoms with Crippen LogP contribution in [-0.2, 0) is 12.8 Å². The van der Waals surface area contributed by atoms with Crippen molar-refractivity contribution >= 4 is 17.6 Å². The third-order valence-electron chi connectivity index (χ3n) is 7.21. The molecule has 0 radical (unpaired) electrons. The second-order valence-electron chi connectivity index (χ2n) is 10.3. The first-order valence-corrected chi connectivity index (χ1v) is 13.8. The number of carbonyl (C=O) groups is 1. The predicted molar refractivity (Wildman–Crippen MR) is 149 cm³/mol.